The fourth-order valence-electron chi connectivity index (χ4n) is 3.12. The van der Waals surface area contributed by atoms with Gasteiger partial charge in [-0.3, -0.25) is 4.79 Å². The van der Waals surface area contributed by atoms with Crippen molar-refractivity contribution < 1.29 is 4.79 Å². The van der Waals surface area contributed by atoms with Crippen molar-refractivity contribution in [3.05, 3.63) is 35.4 Å². The largest absolute Gasteiger partial charge is 0.356 e. The molecule has 124 valence electrons. The number of piperidine rings is 1. The van der Waals surface area contributed by atoms with Crippen LogP contribution in [0.4, 0.5) is 0 Å². The Labute approximate surface area is 140 Å². The van der Waals surface area contributed by atoms with Crippen molar-refractivity contribution in [2.24, 2.45) is 5.41 Å². The van der Waals surface area contributed by atoms with Crippen molar-refractivity contribution in [1.29, 1.82) is 0 Å². The Morgan fingerprint density at radius 2 is 1.95 bits per heavy atom. The molecule has 1 aliphatic heterocycles. The topological polar surface area (TPSA) is 41.1 Å². The van der Waals surface area contributed by atoms with E-state index in [1.165, 1.54) is 11.1 Å². The zero-order chi connectivity index (χ0) is 15.3. The average Bonchev–Trinajstić information content (AvgIpc) is 2.46. The summed E-state index contributed by atoms with van der Waals surface area (Å²) in [6, 6.07) is 8.33. The molecule has 1 aliphatic rings. The number of hydrogen-bond donors (Lipinski definition) is 2. The van der Waals surface area contributed by atoms with E-state index in [0.717, 1.165) is 32.5 Å². The van der Waals surface area contributed by atoms with Crippen LogP contribution in [-0.4, -0.2) is 25.5 Å². The van der Waals surface area contributed by atoms with E-state index in [0.29, 0.717) is 6.42 Å². The Balaban J connectivity index is 0.00000242. The van der Waals surface area contributed by atoms with E-state index >= 15 is 0 Å². The highest BCUT2D eigenvalue weighted by Gasteiger charge is 2.27. The summed E-state index contributed by atoms with van der Waals surface area (Å²) in [4.78, 5) is 12.2. The summed E-state index contributed by atoms with van der Waals surface area (Å²) in [6.07, 6.45) is 2.85. The zero-order valence-corrected chi connectivity index (χ0v) is 14.8. The van der Waals surface area contributed by atoms with Gasteiger partial charge in [0.2, 0.25) is 5.91 Å². The van der Waals surface area contributed by atoms with Crippen LogP contribution in [0.5, 0.6) is 0 Å². The molecule has 1 aromatic carbocycles. The highest BCUT2D eigenvalue weighted by Crippen LogP contribution is 2.27. The third-order valence-electron chi connectivity index (χ3n) is 4.73. The molecule has 4 heteroatoms. The number of halogens is 1. The molecule has 1 atom stereocenters. The molecule has 1 heterocycles. The number of amides is 1. The van der Waals surface area contributed by atoms with Gasteiger partial charge in [-0.1, -0.05) is 38.1 Å². The maximum atomic E-state index is 12.2. The lowest BCUT2D eigenvalue weighted by molar-refractivity contribution is -0.122. The molecular formula is C18H29ClN2O. The molecule has 2 N–H and O–H groups in total. The van der Waals surface area contributed by atoms with Crippen LogP contribution in [0.3, 0.4) is 0 Å². The normalized spacial score (nSPS) is 18.1. The van der Waals surface area contributed by atoms with E-state index in [1.807, 2.05) is 12.1 Å². The van der Waals surface area contributed by atoms with Crippen molar-refractivity contribution >= 4 is 18.3 Å². The summed E-state index contributed by atoms with van der Waals surface area (Å²) in [6.45, 7) is 9.44. The number of carbonyl (C=O) groups excluding carboxylic acids is 1. The van der Waals surface area contributed by atoms with Gasteiger partial charge in [-0.25, -0.2) is 0 Å². The SMILES string of the molecule is Cc1ccccc1C(C)CC(=O)NCC1(C)CCNCC1.Cl. The second kappa shape index (κ2) is 8.54. The Morgan fingerprint density at radius 3 is 2.59 bits per heavy atom. The maximum Gasteiger partial charge on any atom is 0.220 e. The van der Waals surface area contributed by atoms with Crippen LogP contribution in [0.15, 0.2) is 24.3 Å². The monoisotopic (exact) mass is 324 g/mol. The van der Waals surface area contributed by atoms with Crippen molar-refractivity contribution in [2.45, 2.75) is 46.0 Å². The first-order chi connectivity index (χ1) is 10.0. The molecule has 22 heavy (non-hydrogen) atoms. The number of hydrogen-bond acceptors (Lipinski definition) is 2. The Hall–Kier alpha value is -1.06. The maximum absolute atomic E-state index is 12.2. The number of carbonyl (C=O) groups is 1. The van der Waals surface area contributed by atoms with Crippen molar-refractivity contribution in [3.8, 4) is 0 Å². The summed E-state index contributed by atoms with van der Waals surface area (Å²) in [5, 5.41) is 6.52. The molecule has 1 unspecified atom stereocenters. The summed E-state index contributed by atoms with van der Waals surface area (Å²) in [5.41, 5.74) is 2.80. The quantitative estimate of drug-likeness (QED) is 0.871. The van der Waals surface area contributed by atoms with E-state index < -0.39 is 0 Å². The molecular weight excluding hydrogens is 296 g/mol. The van der Waals surface area contributed by atoms with E-state index in [9.17, 15) is 4.79 Å². The number of rotatable bonds is 5. The summed E-state index contributed by atoms with van der Waals surface area (Å²) >= 11 is 0. The van der Waals surface area contributed by atoms with E-state index in [2.05, 4.69) is 43.5 Å². The smallest absolute Gasteiger partial charge is 0.220 e. The number of aryl methyl sites for hydroxylation is 1. The van der Waals surface area contributed by atoms with Gasteiger partial charge in [0.1, 0.15) is 0 Å². The second-order valence-electron chi connectivity index (χ2n) is 6.80. The molecule has 2 rings (SSSR count). The average molecular weight is 325 g/mol. The standard InChI is InChI=1S/C18H28N2O.ClH/c1-14-6-4-5-7-16(14)15(2)12-17(21)20-13-18(3)8-10-19-11-9-18;/h4-7,15,19H,8-13H2,1-3H3,(H,20,21);1H. The molecule has 0 radical (unpaired) electrons. The van der Waals surface area contributed by atoms with Gasteiger partial charge < -0.3 is 10.6 Å². The van der Waals surface area contributed by atoms with Crippen molar-refractivity contribution in [2.75, 3.05) is 19.6 Å². The van der Waals surface area contributed by atoms with Gasteiger partial charge in [0.05, 0.1) is 0 Å². The molecule has 0 saturated carbocycles. The zero-order valence-electron chi connectivity index (χ0n) is 13.9. The van der Waals surface area contributed by atoms with Gasteiger partial charge in [-0.2, -0.15) is 0 Å². The minimum Gasteiger partial charge on any atom is -0.356 e. The third kappa shape index (κ3) is 5.29. The lowest BCUT2D eigenvalue weighted by Crippen LogP contribution is -2.43. The predicted octanol–water partition coefficient (Wildman–Crippen LogP) is 3.42. The fraction of sp³-hybridized carbons (Fsp3) is 0.611. The molecule has 1 amide bonds. The van der Waals surface area contributed by atoms with Gasteiger partial charge in [0, 0.05) is 13.0 Å². The number of nitrogens with one attached hydrogen (secondary N) is 2. The van der Waals surface area contributed by atoms with Gasteiger partial charge in [0.15, 0.2) is 0 Å². The van der Waals surface area contributed by atoms with Gasteiger partial charge in [0.25, 0.3) is 0 Å². The summed E-state index contributed by atoms with van der Waals surface area (Å²) in [5.74, 6) is 0.442. The van der Waals surface area contributed by atoms with Crippen molar-refractivity contribution in [1.82, 2.24) is 10.6 Å². The lowest BCUT2D eigenvalue weighted by Gasteiger charge is -2.34. The lowest BCUT2D eigenvalue weighted by atomic mass is 9.81. The first-order valence-corrected chi connectivity index (χ1v) is 8.03. The minimum atomic E-state index is 0. The second-order valence-corrected chi connectivity index (χ2v) is 6.80. The Bertz CT molecular complexity index is 484. The molecule has 1 saturated heterocycles. The van der Waals surface area contributed by atoms with E-state index in [1.54, 1.807) is 0 Å². The first kappa shape index (κ1) is 19.0. The van der Waals surface area contributed by atoms with Crippen LogP contribution in [0.2, 0.25) is 0 Å². The van der Waals surface area contributed by atoms with Crippen LogP contribution in [0, 0.1) is 12.3 Å². The third-order valence-corrected chi connectivity index (χ3v) is 4.73. The predicted molar refractivity (Wildman–Crippen MR) is 94.7 cm³/mol. The van der Waals surface area contributed by atoms with Gasteiger partial charge in [-0.15, -0.1) is 12.4 Å². The highest BCUT2D eigenvalue weighted by molar-refractivity contribution is 5.85. The van der Waals surface area contributed by atoms with Crippen LogP contribution in [0.1, 0.15) is 50.2 Å². The molecule has 0 spiro atoms. The molecule has 0 aromatic heterocycles. The van der Waals surface area contributed by atoms with Crippen LogP contribution in [0.25, 0.3) is 0 Å². The molecule has 3 nitrogen and oxygen atoms in total. The summed E-state index contributed by atoms with van der Waals surface area (Å²) < 4.78 is 0. The summed E-state index contributed by atoms with van der Waals surface area (Å²) in [7, 11) is 0. The Morgan fingerprint density at radius 1 is 1.32 bits per heavy atom. The molecule has 1 fully saturated rings. The van der Waals surface area contributed by atoms with Gasteiger partial charge >= 0.3 is 0 Å². The van der Waals surface area contributed by atoms with Gasteiger partial charge in [-0.05, 0) is 55.3 Å². The van der Waals surface area contributed by atoms with E-state index in [-0.39, 0.29) is 29.6 Å². The van der Waals surface area contributed by atoms with Crippen LogP contribution < -0.4 is 10.6 Å². The number of benzene rings is 1. The van der Waals surface area contributed by atoms with Crippen molar-refractivity contribution in [3.63, 3.8) is 0 Å². The van der Waals surface area contributed by atoms with Crippen LogP contribution >= 0.6 is 12.4 Å². The first-order valence-electron chi connectivity index (χ1n) is 8.03. The van der Waals surface area contributed by atoms with Crippen LogP contribution in [-0.2, 0) is 4.79 Å². The highest BCUT2D eigenvalue weighted by atomic mass is 35.5. The van der Waals surface area contributed by atoms with E-state index in [4.69, 9.17) is 0 Å². The fourth-order valence-corrected chi connectivity index (χ4v) is 3.12. The molecule has 0 bridgehead atoms. The molecule has 1 aromatic rings. The Kier molecular flexibility index (Phi) is 7.37. The molecule has 0 aliphatic carbocycles. The minimum absolute atomic E-state index is 0.